The summed E-state index contributed by atoms with van der Waals surface area (Å²) in [4.78, 5) is 4.33. The molecule has 0 amide bonds. The van der Waals surface area contributed by atoms with Crippen molar-refractivity contribution in [3.63, 3.8) is 0 Å². The molecule has 0 bridgehead atoms. The molecule has 2 N–H and O–H groups in total. The van der Waals surface area contributed by atoms with E-state index in [0.717, 1.165) is 12.2 Å². The summed E-state index contributed by atoms with van der Waals surface area (Å²) in [5.74, 6) is 1.24. The lowest BCUT2D eigenvalue weighted by molar-refractivity contribution is 0.558. The SMILES string of the molecule is Cc1ccc([C@H]2[C@H](CN)C2(C)C)cn1. The van der Waals surface area contributed by atoms with Crippen LogP contribution in [0.5, 0.6) is 0 Å². The van der Waals surface area contributed by atoms with Crippen LogP contribution >= 0.6 is 0 Å². The van der Waals surface area contributed by atoms with Crippen molar-refractivity contribution in [2.75, 3.05) is 6.54 Å². The molecule has 1 aromatic rings. The first-order valence-corrected chi connectivity index (χ1v) is 5.20. The van der Waals surface area contributed by atoms with Crippen LogP contribution in [0.3, 0.4) is 0 Å². The predicted molar refractivity (Wildman–Crippen MR) is 58.0 cm³/mol. The molecule has 0 spiro atoms. The molecule has 0 unspecified atom stereocenters. The lowest BCUT2D eigenvalue weighted by Gasteiger charge is -2.02. The van der Waals surface area contributed by atoms with Crippen LogP contribution in [-0.4, -0.2) is 11.5 Å². The Morgan fingerprint density at radius 2 is 2.14 bits per heavy atom. The number of hydrogen-bond acceptors (Lipinski definition) is 2. The molecule has 0 saturated heterocycles. The van der Waals surface area contributed by atoms with E-state index in [4.69, 9.17) is 5.73 Å². The van der Waals surface area contributed by atoms with Crippen molar-refractivity contribution in [3.8, 4) is 0 Å². The molecular formula is C12H18N2. The van der Waals surface area contributed by atoms with Gasteiger partial charge in [0.25, 0.3) is 0 Å². The molecule has 2 heteroatoms. The topological polar surface area (TPSA) is 38.9 Å². The Labute approximate surface area is 85.5 Å². The maximum absolute atomic E-state index is 5.75. The minimum Gasteiger partial charge on any atom is -0.330 e. The van der Waals surface area contributed by atoms with Crippen molar-refractivity contribution in [2.24, 2.45) is 17.1 Å². The van der Waals surface area contributed by atoms with Gasteiger partial charge in [0.2, 0.25) is 0 Å². The van der Waals surface area contributed by atoms with E-state index >= 15 is 0 Å². The van der Waals surface area contributed by atoms with Crippen molar-refractivity contribution >= 4 is 0 Å². The molecule has 76 valence electrons. The van der Waals surface area contributed by atoms with Crippen LogP contribution < -0.4 is 5.73 Å². The monoisotopic (exact) mass is 190 g/mol. The molecule has 0 radical (unpaired) electrons. The Morgan fingerprint density at radius 3 is 2.57 bits per heavy atom. The molecule has 0 aromatic carbocycles. The van der Waals surface area contributed by atoms with Crippen LogP contribution in [0.1, 0.15) is 31.0 Å². The van der Waals surface area contributed by atoms with Crippen molar-refractivity contribution in [3.05, 3.63) is 29.6 Å². The number of aryl methyl sites for hydroxylation is 1. The lowest BCUT2D eigenvalue weighted by atomic mass is 10.0. The van der Waals surface area contributed by atoms with Crippen LogP contribution in [0.4, 0.5) is 0 Å². The highest BCUT2D eigenvalue weighted by atomic mass is 14.7. The summed E-state index contributed by atoms with van der Waals surface area (Å²) in [6.07, 6.45) is 2.00. The number of rotatable bonds is 2. The van der Waals surface area contributed by atoms with Crippen molar-refractivity contribution in [1.29, 1.82) is 0 Å². The lowest BCUT2D eigenvalue weighted by Crippen LogP contribution is -2.05. The molecule has 1 aliphatic carbocycles. The highest BCUT2D eigenvalue weighted by Gasteiger charge is 2.57. The number of nitrogens with two attached hydrogens (primary N) is 1. The Bertz CT molecular complexity index is 327. The molecule has 14 heavy (non-hydrogen) atoms. The van der Waals surface area contributed by atoms with Gasteiger partial charge in [-0.05, 0) is 42.3 Å². The molecule has 2 atom stereocenters. The van der Waals surface area contributed by atoms with Gasteiger partial charge in [0.1, 0.15) is 0 Å². The predicted octanol–water partition coefficient (Wildman–Crippen LogP) is 2.09. The van der Waals surface area contributed by atoms with Crippen molar-refractivity contribution < 1.29 is 0 Å². The van der Waals surface area contributed by atoms with E-state index in [1.54, 1.807) is 0 Å². The second-order valence-corrected chi connectivity index (χ2v) is 4.87. The van der Waals surface area contributed by atoms with Gasteiger partial charge >= 0.3 is 0 Å². The van der Waals surface area contributed by atoms with E-state index in [0.29, 0.717) is 17.3 Å². The van der Waals surface area contributed by atoms with Gasteiger partial charge in [0.05, 0.1) is 0 Å². The Hall–Kier alpha value is -0.890. The van der Waals surface area contributed by atoms with Gasteiger partial charge in [0.15, 0.2) is 0 Å². The highest BCUT2D eigenvalue weighted by Crippen LogP contribution is 2.63. The minimum atomic E-state index is 0.367. The van der Waals surface area contributed by atoms with E-state index in [9.17, 15) is 0 Å². The summed E-state index contributed by atoms with van der Waals surface area (Å²) >= 11 is 0. The third-order valence-corrected chi connectivity index (χ3v) is 3.60. The Morgan fingerprint density at radius 1 is 1.43 bits per heavy atom. The van der Waals surface area contributed by atoms with E-state index in [2.05, 4.69) is 31.0 Å². The quantitative estimate of drug-likeness (QED) is 0.775. The fourth-order valence-corrected chi connectivity index (χ4v) is 2.51. The molecule has 1 aromatic heterocycles. The summed E-state index contributed by atoms with van der Waals surface area (Å²) in [7, 11) is 0. The van der Waals surface area contributed by atoms with Crippen molar-refractivity contribution in [1.82, 2.24) is 4.98 Å². The molecular weight excluding hydrogens is 172 g/mol. The minimum absolute atomic E-state index is 0.367. The maximum atomic E-state index is 5.75. The Balaban J connectivity index is 2.22. The second-order valence-electron chi connectivity index (χ2n) is 4.87. The van der Waals surface area contributed by atoms with Crippen LogP contribution in [-0.2, 0) is 0 Å². The van der Waals surface area contributed by atoms with Crippen LogP contribution in [0.15, 0.2) is 18.3 Å². The van der Waals surface area contributed by atoms with E-state index in [1.807, 2.05) is 13.1 Å². The average Bonchev–Trinajstić information content (AvgIpc) is 2.69. The van der Waals surface area contributed by atoms with Crippen LogP contribution in [0, 0.1) is 18.3 Å². The summed E-state index contributed by atoms with van der Waals surface area (Å²) in [6, 6.07) is 4.27. The average molecular weight is 190 g/mol. The standard InChI is InChI=1S/C12H18N2/c1-8-4-5-9(7-14-8)11-10(6-13)12(11,2)3/h4-5,7,10-11H,6,13H2,1-3H3/t10-,11-/m0/s1. The first-order valence-electron chi connectivity index (χ1n) is 5.20. The molecule has 1 fully saturated rings. The van der Waals surface area contributed by atoms with Gasteiger partial charge < -0.3 is 5.73 Å². The summed E-state index contributed by atoms with van der Waals surface area (Å²) in [6.45, 7) is 7.37. The molecule has 0 aliphatic heterocycles. The fraction of sp³-hybridized carbons (Fsp3) is 0.583. The molecule has 1 aliphatic rings. The number of nitrogens with zero attached hydrogens (tertiary/aromatic N) is 1. The van der Waals surface area contributed by atoms with E-state index in [-0.39, 0.29) is 0 Å². The highest BCUT2D eigenvalue weighted by molar-refractivity contribution is 5.30. The molecule has 2 nitrogen and oxygen atoms in total. The second kappa shape index (κ2) is 3.06. The molecule has 2 rings (SSSR count). The van der Waals surface area contributed by atoms with Crippen LogP contribution in [0.2, 0.25) is 0 Å². The number of aromatic nitrogens is 1. The Kier molecular flexibility index (Phi) is 2.11. The van der Waals surface area contributed by atoms with E-state index < -0.39 is 0 Å². The third kappa shape index (κ3) is 1.34. The smallest absolute Gasteiger partial charge is 0.0372 e. The van der Waals surface area contributed by atoms with Gasteiger partial charge in [0, 0.05) is 11.9 Å². The van der Waals surface area contributed by atoms with Crippen molar-refractivity contribution in [2.45, 2.75) is 26.7 Å². The largest absolute Gasteiger partial charge is 0.330 e. The maximum Gasteiger partial charge on any atom is 0.0372 e. The van der Waals surface area contributed by atoms with Gasteiger partial charge in [-0.2, -0.15) is 0 Å². The summed E-state index contributed by atoms with van der Waals surface area (Å²) in [5.41, 5.74) is 8.54. The molecule has 1 saturated carbocycles. The van der Waals surface area contributed by atoms with Crippen LogP contribution in [0.25, 0.3) is 0 Å². The summed E-state index contributed by atoms with van der Waals surface area (Å²) < 4.78 is 0. The van der Waals surface area contributed by atoms with E-state index in [1.165, 1.54) is 5.56 Å². The fourth-order valence-electron chi connectivity index (χ4n) is 2.51. The van der Waals surface area contributed by atoms with Gasteiger partial charge in [-0.25, -0.2) is 0 Å². The zero-order chi connectivity index (χ0) is 10.3. The molecule has 1 heterocycles. The number of pyridine rings is 1. The van der Waals surface area contributed by atoms with Gasteiger partial charge in [-0.1, -0.05) is 19.9 Å². The van der Waals surface area contributed by atoms with Gasteiger partial charge in [-0.3, -0.25) is 4.98 Å². The first-order chi connectivity index (χ1) is 6.57. The third-order valence-electron chi connectivity index (χ3n) is 3.60. The normalized spacial score (nSPS) is 28.9. The zero-order valence-corrected chi connectivity index (χ0v) is 9.12. The summed E-state index contributed by atoms with van der Waals surface area (Å²) in [5, 5.41) is 0. The van der Waals surface area contributed by atoms with Gasteiger partial charge in [-0.15, -0.1) is 0 Å². The number of hydrogen-bond donors (Lipinski definition) is 1. The first kappa shape index (κ1) is 9.66. The zero-order valence-electron chi connectivity index (χ0n) is 9.12.